The Kier molecular flexibility index (Phi) is 14.8. The summed E-state index contributed by atoms with van der Waals surface area (Å²) in [4.78, 5) is 17.4. The highest BCUT2D eigenvalue weighted by Crippen LogP contribution is 2.43. The van der Waals surface area contributed by atoms with E-state index >= 15 is 0 Å². The Morgan fingerprint density at radius 1 is 1.06 bits per heavy atom. The predicted molar refractivity (Wildman–Crippen MR) is 209 cm³/mol. The number of fused-ring (bicyclic) bond motifs is 5. The highest BCUT2D eigenvalue weighted by Gasteiger charge is 2.28. The Labute approximate surface area is 314 Å². The number of hydrogen-bond acceptors (Lipinski definition) is 8. The number of ether oxygens (including phenoxy) is 3. The summed E-state index contributed by atoms with van der Waals surface area (Å²) in [7, 11) is 1.50. The second-order valence-electron chi connectivity index (χ2n) is 14.5. The van der Waals surface area contributed by atoms with Crippen LogP contribution in [0.15, 0.2) is 53.5 Å². The number of carbonyl (C=O) groups is 1. The first-order valence-corrected chi connectivity index (χ1v) is 19.0. The third-order valence-electron chi connectivity index (χ3n) is 9.73. The topological polar surface area (TPSA) is 148 Å². The average molecular weight is 725 g/mol. The van der Waals surface area contributed by atoms with Crippen molar-refractivity contribution in [3.8, 4) is 34.8 Å². The van der Waals surface area contributed by atoms with Crippen LogP contribution in [0.3, 0.4) is 0 Å². The fraction of sp³-hybridized carbons (Fsp3) is 0.488. The molecule has 284 valence electrons. The Morgan fingerprint density at radius 2 is 1.89 bits per heavy atom. The number of aliphatic hydroxyl groups excluding tert-OH is 1. The standard InChI is InChI=1S/C43H56N4O6/c1-29(2)26-47-43(44)46-22-20-31-23-38-33-15-18-36(49)25-35(48)17-14-32-16-19-39(50)41(51-3)37(32)13-7-12-34(24-33)40(42(38)52-27-31)53-28-45-21-8-11-30-9-5-4-6-10-30/h4-6,9-10,16,19,24,29,31,36,45,49-50H,8,11-12,14-15,17-18,20-23,25-28H2,1-3H3,(H3,44,46,47)/t31-,36+/m0/s1. The number of guanidine groups is 1. The van der Waals surface area contributed by atoms with Crippen molar-refractivity contribution in [1.29, 1.82) is 0 Å². The minimum Gasteiger partial charge on any atom is -0.504 e. The smallest absolute Gasteiger partial charge is 0.188 e. The normalized spacial score (nSPS) is 17.7. The average Bonchev–Trinajstić information content (AvgIpc) is 3.15. The number of hydrogen-bond donors (Lipinski definition) is 5. The van der Waals surface area contributed by atoms with Gasteiger partial charge in [0.05, 0.1) is 25.4 Å². The number of aromatic hydroxyl groups is 1. The van der Waals surface area contributed by atoms with Crippen LogP contribution in [-0.4, -0.2) is 68.1 Å². The number of rotatable bonds is 13. The minimum atomic E-state index is -0.773. The molecule has 0 saturated heterocycles. The molecule has 0 radical (unpaired) electrons. The largest absolute Gasteiger partial charge is 0.504 e. The number of nitrogens with one attached hydrogen (secondary N) is 2. The first-order valence-electron chi connectivity index (χ1n) is 19.0. The van der Waals surface area contributed by atoms with E-state index in [0.29, 0.717) is 75.3 Å². The molecule has 0 amide bonds. The van der Waals surface area contributed by atoms with Crippen molar-refractivity contribution >= 4 is 11.7 Å². The maximum absolute atomic E-state index is 13.0. The number of aliphatic imine (C=N–C) groups is 1. The Morgan fingerprint density at radius 3 is 2.68 bits per heavy atom. The molecule has 3 aromatic rings. The number of methoxy groups -OCH3 is 1. The molecule has 2 atom stereocenters. The molecule has 0 unspecified atom stereocenters. The lowest BCUT2D eigenvalue weighted by atomic mass is 9.86. The molecule has 1 heterocycles. The number of nitrogens with two attached hydrogens (primary N) is 1. The van der Waals surface area contributed by atoms with Crippen LogP contribution < -0.4 is 30.6 Å². The van der Waals surface area contributed by atoms with E-state index in [0.717, 1.165) is 60.2 Å². The minimum absolute atomic E-state index is 0.0117. The monoisotopic (exact) mass is 724 g/mol. The molecule has 0 aromatic heterocycles. The zero-order chi connectivity index (χ0) is 37.6. The van der Waals surface area contributed by atoms with Crippen molar-refractivity contribution in [1.82, 2.24) is 10.6 Å². The summed E-state index contributed by atoms with van der Waals surface area (Å²) in [6.45, 7) is 7.19. The van der Waals surface area contributed by atoms with Crippen LogP contribution in [0, 0.1) is 23.7 Å². The molecule has 2 bridgehead atoms. The summed E-state index contributed by atoms with van der Waals surface area (Å²) in [5.41, 5.74) is 11.8. The Hall–Kier alpha value is -4.72. The first kappa shape index (κ1) is 39.5. The van der Waals surface area contributed by atoms with Gasteiger partial charge in [-0.25, -0.2) is 0 Å². The molecule has 53 heavy (non-hydrogen) atoms. The molecule has 3 aromatic carbocycles. The molecule has 10 nitrogen and oxygen atoms in total. The van der Waals surface area contributed by atoms with Gasteiger partial charge in [0.15, 0.2) is 29.0 Å². The molecule has 1 aliphatic heterocycles. The van der Waals surface area contributed by atoms with Gasteiger partial charge in [0, 0.05) is 43.5 Å². The highest BCUT2D eigenvalue weighted by atomic mass is 16.5. The number of nitrogens with zero attached hydrogens (tertiary/aromatic N) is 1. The second-order valence-corrected chi connectivity index (χ2v) is 14.5. The number of ketones is 1. The first-order chi connectivity index (χ1) is 25.7. The van der Waals surface area contributed by atoms with Gasteiger partial charge in [-0.2, -0.15) is 0 Å². The van der Waals surface area contributed by atoms with Gasteiger partial charge >= 0.3 is 0 Å². The van der Waals surface area contributed by atoms with Gasteiger partial charge in [0.25, 0.3) is 0 Å². The number of aliphatic hydroxyl groups is 1. The van der Waals surface area contributed by atoms with Crippen LogP contribution in [0.5, 0.6) is 23.0 Å². The van der Waals surface area contributed by atoms with E-state index in [9.17, 15) is 15.0 Å². The summed E-state index contributed by atoms with van der Waals surface area (Å²) in [5.74, 6) is 9.33. The fourth-order valence-electron chi connectivity index (χ4n) is 6.87. The molecule has 1 aliphatic carbocycles. The summed E-state index contributed by atoms with van der Waals surface area (Å²) >= 11 is 0. The van der Waals surface area contributed by atoms with E-state index in [1.165, 1.54) is 12.7 Å². The van der Waals surface area contributed by atoms with Crippen LogP contribution in [0.1, 0.15) is 79.3 Å². The van der Waals surface area contributed by atoms with E-state index in [-0.39, 0.29) is 36.0 Å². The van der Waals surface area contributed by atoms with E-state index in [4.69, 9.17) is 19.9 Å². The number of benzene rings is 3. The van der Waals surface area contributed by atoms with Crippen LogP contribution in [0.2, 0.25) is 0 Å². The second kappa shape index (κ2) is 19.9. The number of carbonyl (C=O) groups excluding carboxylic acids is 1. The molecule has 10 heteroatoms. The van der Waals surface area contributed by atoms with Gasteiger partial charge in [-0.3, -0.25) is 15.1 Å². The number of phenols is 1. The SMILES string of the molecule is COc1c(O)ccc2c1C#CCc1cc(c3c(c1OCNCCCc1ccccc1)OC[C@@H](CCNC(N)=NCC(C)C)C3)CC[C@@H](O)CC(=O)CC2. The summed E-state index contributed by atoms with van der Waals surface area (Å²) in [6, 6.07) is 15.9. The van der Waals surface area contributed by atoms with E-state index in [1.807, 2.05) is 6.07 Å². The van der Waals surface area contributed by atoms with Gasteiger partial charge in [0.2, 0.25) is 0 Å². The maximum atomic E-state index is 13.0. The van der Waals surface area contributed by atoms with Crippen molar-refractivity contribution < 1.29 is 29.2 Å². The number of Topliss-reactive ketones (excluding diaryl/α,β-unsaturated/α-hetero) is 1. The van der Waals surface area contributed by atoms with E-state index in [1.54, 1.807) is 12.1 Å². The molecule has 5 rings (SSSR count). The molecular formula is C43H56N4O6. The highest BCUT2D eigenvalue weighted by molar-refractivity contribution is 5.79. The molecule has 0 fully saturated rings. The van der Waals surface area contributed by atoms with Crippen molar-refractivity contribution in [3.05, 3.63) is 81.9 Å². The molecule has 6 N–H and O–H groups in total. The molecular weight excluding hydrogens is 668 g/mol. The van der Waals surface area contributed by atoms with Gasteiger partial charge in [-0.05, 0) is 86.1 Å². The Balaban J connectivity index is 1.42. The number of aryl methyl sites for hydroxylation is 3. The van der Waals surface area contributed by atoms with Crippen molar-refractivity contribution in [2.45, 2.75) is 84.2 Å². The van der Waals surface area contributed by atoms with Crippen LogP contribution in [-0.2, 0) is 36.9 Å². The predicted octanol–water partition coefficient (Wildman–Crippen LogP) is 5.25. The zero-order valence-electron chi connectivity index (χ0n) is 31.5. The third-order valence-corrected chi connectivity index (χ3v) is 9.73. The quantitative estimate of drug-likeness (QED) is 0.0524. The van der Waals surface area contributed by atoms with Gasteiger partial charge in [-0.15, -0.1) is 0 Å². The van der Waals surface area contributed by atoms with Gasteiger partial charge < -0.3 is 35.5 Å². The lowest BCUT2D eigenvalue weighted by Gasteiger charge is -2.30. The number of phenolic OH excluding ortho intramolecular Hbond substituents is 1. The van der Waals surface area contributed by atoms with E-state index in [2.05, 4.69) is 71.6 Å². The molecule has 0 saturated carbocycles. The Bertz CT molecular complexity index is 1760. The third kappa shape index (κ3) is 11.6. The van der Waals surface area contributed by atoms with Crippen LogP contribution in [0.25, 0.3) is 0 Å². The lowest BCUT2D eigenvalue weighted by Crippen LogP contribution is -2.35. The lowest BCUT2D eigenvalue weighted by molar-refractivity contribution is -0.121. The van der Waals surface area contributed by atoms with Crippen molar-refractivity contribution in [2.24, 2.45) is 22.6 Å². The van der Waals surface area contributed by atoms with Crippen LogP contribution >= 0.6 is 0 Å². The molecule has 2 aliphatic rings. The summed E-state index contributed by atoms with van der Waals surface area (Å²) in [5, 5.41) is 28.3. The summed E-state index contributed by atoms with van der Waals surface area (Å²) in [6.07, 6.45) is 4.95. The van der Waals surface area contributed by atoms with Crippen LogP contribution in [0.4, 0.5) is 0 Å². The zero-order valence-corrected chi connectivity index (χ0v) is 31.5. The van der Waals surface area contributed by atoms with E-state index < -0.39 is 6.10 Å². The van der Waals surface area contributed by atoms with Gasteiger partial charge in [0.1, 0.15) is 12.5 Å². The van der Waals surface area contributed by atoms with Crippen molar-refractivity contribution in [3.63, 3.8) is 0 Å². The van der Waals surface area contributed by atoms with Gasteiger partial charge in [-0.1, -0.05) is 68.2 Å². The molecule has 0 spiro atoms. The fourth-order valence-corrected chi connectivity index (χ4v) is 6.87. The van der Waals surface area contributed by atoms with Crippen molar-refractivity contribution in [2.75, 3.05) is 40.1 Å². The maximum Gasteiger partial charge on any atom is 0.188 e. The summed E-state index contributed by atoms with van der Waals surface area (Å²) < 4.78 is 18.6.